The maximum atomic E-state index is 13.4. The zero-order valence-corrected chi connectivity index (χ0v) is 11.2. The first-order chi connectivity index (χ1) is 9.31. The van der Waals surface area contributed by atoms with Gasteiger partial charge in [-0.15, -0.1) is 11.3 Å². The first kappa shape index (κ1) is 14.4. The Balaban J connectivity index is 2.34. The molecule has 1 aromatic carbocycles. The quantitative estimate of drug-likeness (QED) is 0.523. The van der Waals surface area contributed by atoms with Gasteiger partial charge in [0.15, 0.2) is 28.4 Å². The van der Waals surface area contributed by atoms with Crippen molar-refractivity contribution in [1.29, 1.82) is 0 Å². The van der Waals surface area contributed by atoms with Crippen LogP contribution in [-0.2, 0) is 0 Å². The molecule has 0 saturated heterocycles. The van der Waals surface area contributed by atoms with Gasteiger partial charge in [-0.1, -0.05) is 0 Å². The van der Waals surface area contributed by atoms with Crippen LogP contribution >= 0.6 is 11.3 Å². The molecule has 0 radical (unpaired) electrons. The van der Waals surface area contributed by atoms with E-state index >= 15 is 0 Å². The van der Waals surface area contributed by atoms with Crippen molar-refractivity contribution in [1.82, 2.24) is 4.98 Å². The van der Waals surface area contributed by atoms with Gasteiger partial charge in [0.25, 0.3) is 5.91 Å². The highest BCUT2D eigenvalue weighted by atomic mass is 32.1. The summed E-state index contributed by atoms with van der Waals surface area (Å²) < 4.78 is 52.3. The lowest BCUT2D eigenvalue weighted by Crippen LogP contribution is -2.16. The number of anilines is 1. The summed E-state index contributed by atoms with van der Waals surface area (Å²) in [7, 11) is 0. The molecule has 2 rings (SSSR count). The van der Waals surface area contributed by atoms with Crippen LogP contribution in [0.25, 0.3) is 0 Å². The molecule has 0 saturated carbocycles. The Bertz CT molecular complexity index is 680. The van der Waals surface area contributed by atoms with E-state index in [1.165, 1.54) is 0 Å². The van der Waals surface area contributed by atoms with Crippen molar-refractivity contribution < 1.29 is 22.4 Å². The third kappa shape index (κ3) is 2.51. The largest absolute Gasteiger partial charge is 0.298 e. The minimum atomic E-state index is -2.03. The molecule has 1 aromatic heterocycles. The van der Waals surface area contributed by atoms with E-state index in [0.29, 0.717) is 11.8 Å². The Kier molecular flexibility index (Phi) is 3.76. The second kappa shape index (κ2) is 5.20. The number of hydrogen-bond donors (Lipinski definition) is 1. The predicted molar refractivity (Wildman–Crippen MR) is 65.8 cm³/mol. The number of aryl methyl sites for hydroxylation is 2. The number of carbonyl (C=O) groups excluding carboxylic acids is 1. The molecule has 20 heavy (non-hydrogen) atoms. The molecule has 106 valence electrons. The summed E-state index contributed by atoms with van der Waals surface area (Å²) in [5.41, 5.74) is -0.255. The second-order valence-corrected chi connectivity index (χ2v) is 5.17. The minimum absolute atomic E-state index is 0.162. The standard InChI is InChI=1S/C12H8F4N2OS/c1-4-5(2)20-12(17-4)18-11(19)6-3-7(13)9(15)10(16)8(6)14/h3H,1-2H3,(H,17,18,19). The summed E-state index contributed by atoms with van der Waals surface area (Å²) in [6.07, 6.45) is 0. The number of rotatable bonds is 2. The lowest BCUT2D eigenvalue weighted by atomic mass is 10.1. The molecule has 0 unspecified atom stereocenters. The van der Waals surface area contributed by atoms with Gasteiger partial charge in [0, 0.05) is 4.88 Å². The van der Waals surface area contributed by atoms with Crippen molar-refractivity contribution >= 4 is 22.4 Å². The topological polar surface area (TPSA) is 42.0 Å². The Labute approximate surface area is 115 Å². The van der Waals surface area contributed by atoms with Gasteiger partial charge in [-0.3, -0.25) is 10.1 Å². The number of hydrogen-bond acceptors (Lipinski definition) is 3. The van der Waals surface area contributed by atoms with Crippen LogP contribution in [0.15, 0.2) is 6.07 Å². The zero-order chi connectivity index (χ0) is 15.0. The molecular formula is C12H8F4N2OS. The average Bonchev–Trinajstić information content (AvgIpc) is 2.70. The average molecular weight is 304 g/mol. The highest BCUT2D eigenvalue weighted by molar-refractivity contribution is 7.15. The Morgan fingerprint density at radius 2 is 1.80 bits per heavy atom. The van der Waals surface area contributed by atoms with E-state index in [-0.39, 0.29) is 5.13 Å². The molecule has 0 bridgehead atoms. The van der Waals surface area contributed by atoms with Crippen LogP contribution in [0.1, 0.15) is 20.9 Å². The zero-order valence-electron chi connectivity index (χ0n) is 10.4. The molecular weight excluding hydrogens is 296 g/mol. The van der Waals surface area contributed by atoms with Crippen LogP contribution in [0.2, 0.25) is 0 Å². The fraction of sp³-hybridized carbons (Fsp3) is 0.167. The number of benzene rings is 1. The molecule has 0 fully saturated rings. The first-order valence-electron chi connectivity index (χ1n) is 5.39. The van der Waals surface area contributed by atoms with E-state index in [4.69, 9.17) is 0 Å². The maximum Gasteiger partial charge on any atom is 0.260 e. The summed E-state index contributed by atoms with van der Waals surface area (Å²) in [6.45, 7) is 3.47. The van der Waals surface area contributed by atoms with Crippen molar-refractivity contribution in [2.24, 2.45) is 0 Å². The molecule has 3 nitrogen and oxygen atoms in total. The van der Waals surface area contributed by atoms with E-state index < -0.39 is 34.7 Å². The van der Waals surface area contributed by atoms with Crippen LogP contribution < -0.4 is 5.32 Å². The van der Waals surface area contributed by atoms with Crippen LogP contribution in [-0.4, -0.2) is 10.9 Å². The van der Waals surface area contributed by atoms with Crippen molar-refractivity contribution in [3.63, 3.8) is 0 Å². The minimum Gasteiger partial charge on any atom is -0.298 e. The number of nitrogens with one attached hydrogen (secondary N) is 1. The predicted octanol–water partition coefficient (Wildman–Crippen LogP) is 3.57. The molecule has 2 aromatic rings. The molecule has 1 heterocycles. The molecule has 1 N–H and O–H groups in total. The molecule has 0 spiro atoms. The maximum absolute atomic E-state index is 13.4. The Morgan fingerprint density at radius 3 is 2.35 bits per heavy atom. The number of halogens is 4. The highest BCUT2D eigenvalue weighted by Gasteiger charge is 2.23. The fourth-order valence-corrected chi connectivity index (χ4v) is 2.24. The monoisotopic (exact) mass is 304 g/mol. The van der Waals surface area contributed by atoms with Gasteiger partial charge in [0.05, 0.1) is 11.3 Å². The number of amides is 1. The molecule has 0 aliphatic carbocycles. The molecule has 8 heteroatoms. The van der Waals surface area contributed by atoms with Crippen molar-refractivity contribution in [2.45, 2.75) is 13.8 Å². The lowest BCUT2D eigenvalue weighted by Gasteiger charge is -2.05. The van der Waals surface area contributed by atoms with Gasteiger partial charge < -0.3 is 0 Å². The number of thiazole rings is 1. The van der Waals surface area contributed by atoms with Crippen LogP contribution in [0.3, 0.4) is 0 Å². The molecule has 0 aliphatic rings. The molecule has 1 amide bonds. The summed E-state index contributed by atoms with van der Waals surface area (Å²) in [6, 6.07) is 0.302. The first-order valence-corrected chi connectivity index (χ1v) is 6.21. The van der Waals surface area contributed by atoms with Gasteiger partial charge in [0.2, 0.25) is 0 Å². The van der Waals surface area contributed by atoms with E-state index in [0.717, 1.165) is 16.2 Å². The third-order valence-electron chi connectivity index (χ3n) is 2.60. The van der Waals surface area contributed by atoms with Crippen LogP contribution in [0.5, 0.6) is 0 Å². The van der Waals surface area contributed by atoms with Gasteiger partial charge in [-0.05, 0) is 19.9 Å². The number of carbonyl (C=O) groups is 1. The lowest BCUT2D eigenvalue weighted by molar-refractivity contribution is 0.102. The van der Waals surface area contributed by atoms with E-state index in [9.17, 15) is 22.4 Å². The summed E-state index contributed by atoms with van der Waals surface area (Å²) in [4.78, 5) is 16.5. The normalized spacial score (nSPS) is 10.7. The fourth-order valence-electron chi connectivity index (χ4n) is 1.43. The summed E-state index contributed by atoms with van der Waals surface area (Å²) in [5.74, 6) is -8.47. The second-order valence-electron chi connectivity index (χ2n) is 3.96. The van der Waals surface area contributed by atoms with Crippen LogP contribution in [0, 0.1) is 37.1 Å². The van der Waals surface area contributed by atoms with Crippen molar-refractivity contribution in [2.75, 3.05) is 5.32 Å². The number of nitrogens with zero attached hydrogens (tertiary/aromatic N) is 1. The SMILES string of the molecule is Cc1nc(NC(=O)c2cc(F)c(F)c(F)c2F)sc1C. The summed E-state index contributed by atoms with van der Waals surface area (Å²) in [5, 5.41) is 2.37. The van der Waals surface area contributed by atoms with E-state index in [2.05, 4.69) is 10.3 Å². The van der Waals surface area contributed by atoms with Gasteiger partial charge in [0.1, 0.15) is 0 Å². The van der Waals surface area contributed by atoms with Crippen LogP contribution in [0.4, 0.5) is 22.7 Å². The van der Waals surface area contributed by atoms with Crippen molar-refractivity contribution in [3.05, 3.63) is 45.5 Å². The van der Waals surface area contributed by atoms with Gasteiger partial charge in [-0.25, -0.2) is 22.5 Å². The molecule has 0 atom stereocenters. The van der Waals surface area contributed by atoms with Gasteiger partial charge >= 0.3 is 0 Å². The highest BCUT2D eigenvalue weighted by Crippen LogP contribution is 2.23. The smallest absolute Gasteiger partial charge is 0.260 e. The Morgan fingerprint density at radius 1 is 1.15 bits per heavy atom. The van der Waals surface area contributed by atoms with E-state index in [1.54, 1.807) is 13.8 Å². The Hall–Kier alpha value is -1.96. The summed E-state index contributed by atoms with van der Waals surface area (Å²) >= 11 is 1.13. The van der Waals surface area contributed by atoms with Crippen molar-refractivity contribution in [3.8, 4) is 0 Å². The number of aromatic nitrogens is 1. The van der Waals surface area contributed by atoms with E-state index in [1.807, 2.05) is 0 Å². The third-order valence-corrected chi connectivity index (χ3v) is 3.58. The molecule has 0 aliphatic heterocycles. The van der Waals surface area contributed by atoms with Gasteiger partial charge in [-0.2, -0.15) is 0 Å².